The standard InChI is InChI=1S/C19H24ClNO3/c1-13(10-14-2-4-15(20)5-3-14)11-17(22)21-8-6-19(7-9-21)12-16(19)18(23)24/h2-5,13,16H,6-12H2,1H3,(H,23,24). The average Bonchev–Trinajstić information content (AvgIpc) is 3.24. The summed E-state index contributed by atoms with van der Waals surface area (Å²) in [5, 5.41) is 9.86. The molecule has 130 valence electrons. The zero-order valence-corrected chi connectivity index (χ0v) is 14.8. The van der Waals surface area contributed by atoms with E-state index in [9.17, 15) is 9.59 Å². The van der Waals surface area contributed by atoms with Gasteiger partial charge in [0.2, 0.25) is 5.91 Å². The molecule has 1 spiro atoms. The highest BCUT2D eigenvalue weighted by atomic mass is 35.5. The lowest BCUT2D eigenvalue weighted by molar-refractivity contribution is -0.140. The number of halogens is 1. The van der Waals surface area contributed by atoms with Gasteiger partial charge in [-0.05, 0) is 54.7 Å². The van der Waals surface area contributed by atoms with Crippen LogP contribution in [-0.2, 0) is 16.0 Å². The van der Waals surface area contributed by atoms with Crippen molar-refractivity contribution in [1.29, 1.82) is 0 Å². The monoisotopic (exact) mass is 349 g/mol. The normalized spacial score (nSPS) is 23.1. The summed E-state index contributed by atoms with van der Waals surface area (Å²) in [5.74, 6) is -0.383. The highest BCUT2D eigenvalue weighted by molar-refractivity contribution is 6.30. The first-order valence-corrected chi connectivity index (χ1v) is 9.02. The van der Waals surface area contributed by atoms with E-state index in [1.165, 1.54) is 5.56 Å². The number of benzene rings is 1. The molecule has 1 heterocycles. The Morgan fingerprint density at radius 3 is 2.46 bits per heavy atom. The smallest absolute Gasteiger partial charge is 0.307 e. The van der Waals surface area contributed by atoms with Crippen molar-refractivity contribution >= 4 is 23.5 Å². The van der Waals surface area contributed by atoms with Crippen LogP contribution in [0.2, 0.25) is 5.02 Å². The molecule has 2 unspecified atom stereocenters. The molecule has 24 heavy (non-hydrogen) atoms. The Hall–Kier alpha value is -1.55. The van der Waals surface area contributed by atoms with E-state index in [1.54, 1.807) is 0 Å². The van der Waals surface area contributed by atoms with Crippen LogP contribution < -0.4 is 0 Å². The van der Waals surface area contributed by atoms with Gasteiger partial charge in [-0.1, -0.05) is 30.7 Å². The molecular formula is C19H24ClNO3. The van der Waals surface area contributed by atoms with Crippen molar-refractivity contribution in [2.75, 3.05) is 13.1 Å². The average molecular weight is 350 g/mol. The highest BCUT2D eigenvalue weighted by Gasteiger charge is 2.59. The van der Waals surface area contributed by atoms with E-state index >= 15 is 0 Å². The van der Waals surface area contributed by atoms with Crippen molar-refractivity contribution < 1.29 is 14.7 Å². The summed E-state index contributed by atoms with van der Waals surface area (Å²) in [4.78, 5) is 25.5. The molecule has 5 heteroatoms. The van der Waals surface area contributed by atoms with E-state index in [1.807, 2.05) is 29.2 Å². The van der Waals surface area contributed by atoms with Crippen molar-refractivity contribution in [1.82, 2.24) is 4.90 Å². The van der Waals surface area contributed by atoms with Gasteiger partial charge in [-0.3, -0.25) is 9.59 Å². The zero-order valence-electron chi connectivity index (χ0n) is 14.0. The van der Waals surface area contributed by atoms with Gasteiger partial charge in [0.05, 0.1) is 5.92 Å². The van der Waals surface area contributed by atoms with Crippen molar-refractivity contribution in [3.8, 4) is 0 Å². The summed E-state index contributed by atoms with van der Waals surface area (Å²) in [5.41, 5.74) is 1.18. The fourth-order valence-corrected chi connectivity index (χ4v) is 4.10. The third kappa shape index (κ3) is 3.75. The van der Waals surface area contributed by atoms with Crippen LogP contribution >= 0.6 is 11.6 Å². The van der Waals surface area contributed by atoms with Crippen molar-refractivity contribution in [2.45, 2.75) is 39.0 Å². The van der Waals surface area contributed by atoms with E-state index in [0.29, 0.717) is 19.5 Å². The molecule has 0 bridgehead atoms. The number of amides is 1. The van der Waals surface area contributed by atoms with Crippen LogP contribution in [0.1, 0.15) is 38.2 Å². The van der Waals surface area contributed by atoms with Gasteiger partial charge in [0.1, 0.15) is 0 Å². The van der Waals surface area contributed by atoms with Crippen molar-refractivity contribution in [2.24, 2.45) is 17.3 Å². The van der Waals surface area contributed by atoms with Gasteiger partial charge in [0.25, 0.3) is 0 Å². The minimum Gasteiger partial charge on any atom is -0.481 e. The molecule has 1 saturated heterocycles. The number of aliphatic carboxylic acids is 1. The summed E-state index contributed by atoms with van der Waals surface area (Å²) in [7, 11) is 0. The lowest BCUT2D eigenvalue weighted by Crippen LogP contribution is -2.40. The zero-order chi connectivity index (χ0) is 17.3. The fourth-order valence-electron chi connectivity index (χ4n) is 3.97. The Labute approximate surface area is 147 Å². The van der Waals surface area contributed by atoms with E-state index in [2.05, 4.69) is 6.92 Å². The van der Waals surface area contributed by atoms with Crippen molar-refractivity contribution in [3.05, 3.63) is 34.9 Å². The Bertz CT molecular complexity index is 620. The number of carboxylic acid groups (broad SMARTS) is 1. The molecule has 2 fully saturated rings. The maximum Gasteiger partial charge on any atom is 0.307 e. The molecule has 2 aliphatic rings. The molecular weight excluding hydrogens is 326 g/mol. The van der Waals surface area contributed by atoms with Gasteiger partial charge in [-0.25, -0.2) is 0 Å². The van der Waals surface area contributed by atoms with Crippen LogP contribution in [0.4, 0.5) is 0 Å². The number of piperidine rings is 1. The topological polar surface area (TPSA) is 57.6 Å². The first kappa shape index (κ1) is 17.3. The molecule has 0 radical (unpaired) electrons. The van der Waals surface area contributed by atoms with Gasteiger partial charge >= 0.3 is 5.97 Å². The largest absolute Gasteiger partial charge is 0.481 e. The molecule has 1 amide bonds. The second kappa shape index (κ2) is 6.75. The molecule has 2 atom stereocenters. The number of carbonyl (C=O) groups excluding carboxylic acids is 1. The van der Waals surface area contributed by atoms with Crippen LogP contribution in [0.15, 0.2) is 24.3 Å². The second-order valence-corrected chi connectivity index (χ2v) is 7.91. The summed E-state index contributed by atoms with van der Waals surface area (Å²) < 4.78 is 0. The Balaban J connectivity index is 1.46. The van der Waals surface area contributed by atoms with Crippen LogP contribution in [0.25, 0.3) is 0 Å². The third-order valence-electron chi connectivity index (χ3n) is 5.62. The lowest BCUT2D eigenvalue weighted by Gasteiger charge is -2.33. The SMILES string of the molecule is CC(CC(=O)N1CCC2(CC1)CC2C(=O)O)Cc1ccc(Cl)cc1. The molecule has 1 aromatic carbocycles. The summed E-state index contributed by atoms with van der Waals surface area (Å²) in [6, 6.07) is 7.77. The molecule has 1 aromatic rings. The summed E-state index contributed by atoms with van der Waals surface area (Å²) in [6.07, 6.45) is 3.86. The summed E-state index contributed by atoms with van der Waals surface area (Å²) >= 11 is 5.89. The number of carbonyl (C=O) groups is 2. The fraction of sp³-hybridized carbons (Fsp3) is 0.579. The lowest BCUT2D eigenvalue weighted by atomic mass is 9.90. The summed E-state index contributed by atoms with van der Waals surface area (Å²) in [6.45, 7) is 3.51. The number of hydrogen-bond donors (Lipinski definition) is 1. The first-order chi connectivity index (χ1) is 11.4. The predicted molar refractivity (Wildman–Crippen MR) is 92.9 cm³/mol. The molecule has 1 saturated carbocycles. The number of likely N-dealkylation sites (tertiary alicyclic amines) is 1. The van der Waals surface area contributed by atoms with Crippen LogP contribution in [-0.4, -0.2) is 35.0 Å². The van der Waals surface area contributed by atoms with Crippen LogP contribution in [0.3, 0.4) is 0 Å². The maximum atomic E-state index is 12.5. The van der Waals surface area contributed by atoms with E-state index in [4.69, 9.17) is 16.7 Å². The minimum absolute atomic E-state index is 0.0163. The molecule has 0 aromatic heterocycles. The Morgan fingerprint density at radius 2 is 1.92 bits per heavy atom. The Morgan fingerprint density at radius 1 is 1.29 bits per heavy atom. The van der Waals surface area contributed by atoms with Crippen LogP contribution in [0, 0.1) is 17.3 Å². The van der Waals surface area contributed by atoms with Crippen molar-refractivity contribution in [3.63, 3.8) is 0 Å². The number of hydrogen-bond acceptors (Lipinski definition) is 2. The predicted octanol–water partition coefficient (Wildman–Crippen LogP) is 3.62. The third-order valence-corrected chi connectivity index (χ3v) is 5.87. The molecule has 1 N–H and O–H groups in total. The molecule has 4 nitrogen and oxygen atoms in total. The number of rotatable bonds is 5. The van der Waals surface area contributed by atoms with Gasteiger partial charge in [-0.15, -0.1) is 0 Å². The highest BCUT2D eigenvalue weighted by Crippen LogP contribution is 2.59. The van der Waals surface area contributed by atoms with Gasteiger partial charge in [0, 0.05) is 24.5 Å². The van der Waals surface area contributed by atoms with Gasteiger partial charge in [-0.2, -0.15) is 0 Å². The molecule has 1 aliphatic heterocycles. The molecule has 3 rings (SSSR count). The quantitative estimate of drug-likeness (QED) is 0.883. The second-order valence-electron chi connectivity index (χ2n) is 7.48. The number of nitrogens with zero attached hydrogens (tertiary/aromatic N) is 1. The van der Waals surface area contributed by atoms with E-state index in [0.717, 1.165) is 30.7 Å². The van der Waals surface area contributed by atoms with Crippen LogP contribution in [0.5, 0.6) is 0 Å². The van der Waals surface area contributed by atoms with E-state index < -0.39 is 5.97 Å². The minimum atomic E-state index is -0.675. The Kier molecular flexibility index (Phi) is 4.86. The molecule has 1 aliphatic carbocycles. The number of carboxylic acids is 1. The van der Waals surface area contributed by atoms with Gasteiger partial charge in [0.15, 0.2) is 0 Å². The van der Waals surface area contributed by atoms with Gasteiger partial charge < -0.3 is 10.0 Å². The first-order valence-electron chi connectivity index (χ1n) is 8.65. The maximum absolute atomic E-state index is 12.5. The van der Waals surface area contributed by atoms with E-state index in [-0.39, 0.29) is 23.2 Å².